The SMILES string of the molecule is CCCCCCCCC(=O)OC(C)C(=O)OCCOCCOCCCC. The molecule has 0 rings (SSSR count). The zero-order valence-corrected chi connectivity index (χ0v) is 16.9. The average molecular weight is 375 g/mol. The summed E-state index contributed by atoms with van der Waals surface area (Å²) in [5.41, 5.74) is 0. The van der Waals surface area contributed by atoms with Crippen molar-refractivity contribution in [3.63, 3.8) is 0 Å². The van der Waals surface area contributed by atoms with Crippen LogP contribution in [-0.2, 0) is 28.5 Å². The molecule has 26 heavy (non-hydrogen) atoms. The third kappa shape index (κ3) is 16.3. The smallest absolute Gasteiger partial charge is 0.347 e. The van der Waals surface area contributed by atoms with Crippen molar-refractivity contribution in [2.24, 2.45) is 0 Å². The highest BCUT2D eigenvalue weighted by Crippen LogP contribution is 2.08. The quantitative estimate of drug-likeness (QED) is 0.266. The zero-order valence-electron chi connectivity index (χ0n) is 16.9. The van der Waals surface area contributed by atoms with Crippen molar-refractivity contribution >= 4 is 11.9 Å². The van der Waals surface area contributed by atoms with Gasteiger partial charge in [0.25, 0.3) is 0 Å². The summed E-state index contributed by atoms with van der Waals surface area (Å²) in [7, 11) is 0. The van der Waals surface area contributed by atoms with Gasteiger partial charge in [-0.2, -0.15) is 0 Å². The van der Waals surface area contributed by atoms with Gasteiger partial charge >= 0.3 is 11.9 Å². The van der Waals surface area contributed by atoms with Crippen LogP contribution in [0.5, 0.6) is 0 Å². The lowest BCUT2D eigenvalue weighted by atomic mass is 10.1. The van der Waals surface area contributed by atoms with E-state index < -0.39 is 12.1 Å². The fourth-order valence-corrected chi connectivity index (χ4v) is 2.24. The predicted octanol–water partition coefficient (Wildman–Crippen LogP) is 4.05. The van der Waals surface area contributed by atoms with Crippen LogP contribution < -0.4 is 0 Å². The van der Waals surface area contributed by atoms with Crippen molar-refractivity contribution in [3.8, 4) is 0 Å². The lowest BCUT2D eigenvalue weighted by Crippen LogP contribution is -2.27. The van der Waals surface area contributed by atoms with E-state index in [1.54, 1.807) is 0 Å². The summed E-state index contributed by atoms with van der Waals surface area (Å²) in [5, 5.41) is 0. The van der Waals surface area contributed by atoms with E-state index in [0.29, 0.717) is 26.2 Å². The van der Waals surface area contributed by atoms with Crippen molar-refractivity contribution in [2.75, 3.05) is 33.0 Å². The van der Waals surface area contributed by atoms with Crippen LogP contribution in [0.1, 0.15) is 78.6 Å². The van der Waals surface area contributed by atoms with Crippen LogP contribution in [0.25, 0.3) is 0 Å². The summed E-state index contributed by atoms with van der Waals surface area (Å²) in [4.78, 5) is 23.5. The molecular formula is C20H38O6. The first-order valence-corrected chi connectivity index (χ1v) is 10.1. The van der Waals surface area contributed by atoms with Crippen molar-refractivity contribution in [1.29, 1.82) is 0 Å². The Balaban J connectivity index is 3.53. The normalized spacial score (nSPS) is 12.0. The van der Waals surface area contributed by atoms with E-state index in [4.69, 9.17) is 18.9 Å². The highest BCUT2D eigenvalue weighted by Gasteiger charge is 2.18. The Hall–Kier alpha value is -1.14. The molecule has 0 heterocycles. The molecule has 0 radical (unpaired) electrons. The van der Waals surface area contributed by atoms with Crippen LogP contribution in [0.3, 0.4) is 0 Å². The molecule has 0 saturated heterocycles. The van der Waals surface area contributed by atoms with Gasteiger partial charge in [-0.1, -0.05) is 52.4 Å². The van der Waals surface area contributed by atoms with E-state index in [1.165, 1.54) is 26.2 Å². The predicted molar refractivity (Wildman–Crippen MR) is 101 cm³/mol. The van der Waals surface area contributed by atoms with Crippen LogP contribution in [-0.4, -0.2) is 51.1 Å². The molecule has 0 fully saturated rings. The van der Waals surface area contributed by atoms with Crippen LogP contribution in [0.4, 0.5) is 0 Å². The van der Waals surface area contributed by atoms with Gasteiger partial charge in [0.2, 0.25) is 0 Å². The topological polar surface area (TPSA) is 71.1 Å². The first-order chi connectivity index (χ1) is 12.6. The number of rotatable bonds is 18. The maximum Gasteiger partial charge on any atom is 0.347 e. The first-order valence-electron chi connectivity index (χ1n) is 10.1. The number of hydrogen-bond acceptors (Lipinski definition) is 6. The minimum absolute atomic E-state index is 0.146. The minimum Gasteiger partial charge on any atom is -0.461 e. The van der Waals surface area contributed by atoms with Crippen LogP contribution in [0, 0.1) is 0 Å². The van der Waals surface area contributed by atoms with E-state index in [9.17, 15) is 9.59 Å². The highest BCUT2D eigenvalue weighted by atomic mass is 16.6. The van der Waals surface area contributed by atoms with Crippen molar-refractivity contribution < 1.29 is 28.5 Å². The van der Waals surface area contributed by atoms with Gasteiger partial charge in [0.05, 0.1) is 19.8 Å². The van der Waals surface area contributed by atoms with Gasteiger partial charge < -0.3 is 18.9 Å². The minimum atomic E-state index is -0.875. The number of ether oxygens (including phenoxy) is 4. The summed E-state index contributed by atoms with van der Waals surface area (Å²) in [5.74, 6) is -0.880. The fourth-order valence-electron chi connectivity index (χ4n) is 2.24. The molecule has 0 spiro atoms. The summed E-state index contributed by atoms with van der Waals surface area (Å²) < 4.78 is 20.8. The average Bonchev–Trinajstić information content (AvgIpc) is 2.63. The van der Waals surface area contributed by atoms with Gasteiger partial charge in [-0.25, -0.2) is 4.79 Å². The molecule has 0 N–H and O–H groups in total. The summed E-state index contributed by atoms with van der Waals surface area (Å²) in [6.07, 6.45) is 8.26. The Morgan fingerprint density at radius 3 is 2.00 bits per heavy atom. The van der Waals surface area contributed by atoms with E-state index in [2.05, 4.69) is 13.8 Å². The Kier molecular flexibility index (Phi) is 17.8. The number of carbonyl (C=O) groups excluding carboxylic acids is 2. The van der Waals surface area contributed by atoms with Crippen LogP contribution >= 0.6 is 0 Å². The molecule has 0 aromatic rings. The van der Waals surface area contributed by atoms with Gasteiger partial charge in [0, 0.05) is 13.0 Å². The Morgan fingerprint density at radius 2 is 1.31 bits per heavy atom. The van der Waals surface area contributed by atoms with E-state index in [-0.39, 0.29) is 12.6 Å². The molecule has 6 nitrogen and oxygen atoms in total. The summed E-state index contributed by atoms with van der Waals surface area (Å²) in [6, 6.07) is 0. The van der Waals surface area contributed by atoms with Gasteiger partial charge in [0.15, 0.2) is 6.10 Å². The Morgan fingerprint density at radius 1 is 0.731 bits per heavy atom. The summed E-state index contributed by atoms with van der Waals surface area (Å²) in [6.45, 7) is 8.04. The molecule has 154 valence electrons. The summed E-state index contributed by atoms with van der Waals surface area (Å²) >= 11 is 0. The largest absolute Gasteiger partial charge is 0.461 e. The van der Waals surface area contributed by atoms with E-state index in [0.717, 1.165) is 38.7 Å². The molecule has 0 aliphatic carbocycles. The standard InChI is InChI=1S/C20H38O6/c1-4-6-8-9-10-11-12-19(21)26-18(3)20(22)25-17-16-24-15-14-23-13-7-5-2/h18H,4-17H2,1-3H3. The molecular weight excluding hydrogens is 336 g/mol. The lowest BCUT2D eigenvalue weighted by Gasteiger charge is -2.13. The van der Waals surface area contributed by atoms with E-state index in [1.807, 2.05) is 0 Å². The maximum absolute atomic E-state index is 11.8. The number of hydrogen-bond donors (Lipinski definition) is 0. The molecule has 0 aromatic carbocycles. The fraction of sp³-hybridized carbons (Fsp3) is 0.900. The van der Waals surface area contributed by atoms with Gasteiger partial charge in [-0.3, -0.25) is 4.79 Å². The van der Waals surface area contributed by atoms with Gasteiger partial charge in [0.1, 0.15) is 6.61 Å². The molecule has 0 aromatic heterocycles. The Bertz CT molecular complexity index is 345. The van der Waals surface area contributed by atoms with E-state index >= 15 is 0 Å². The van der Waals surface area contributed by atoms with Crippen LogP contribution in [0.15, 0.2) is 0 Å². The van der Waals surface area contributed by atoms with Crippen molar-refractivity contribution in [2.45, 2.75) is 84.7 Å². The molecule has 0 saturated carbocycles. The maximum atomic E-state index is 11.8. The molecule has 6 heteroatoms. The van der Waals surface area contributed by atoms with Crippen molar-refractivity contribution in [1.82, 2.24) is 0 Å². The van der Waals surface area contributed by atoms with Gasteiger partial charge in [-0.15, -0.1) is 0 Å². The molecule has 1 unspecified atom stereocenters. The zero-order chi connectivity index (χ0) is 19.5. The first kappa shape index (κ1) is 24.9. The molecule has 0 aliphatic heterocycles. The lowest BCUT2D eigenvalue weighted by molar-refractivity contribution is -0.167. The highest BCUT2D eigenvalue weighted by molar-refractivity contribution is 5.78. The number of carbonyl (C=O) groups is 2. The second-order valence-electron chi connectivity index (χ2n) is 6.40. The van der Waals surface area contributed by atoms with Crippen molar-refractivity contribution in [3.05, 3.63) is 0 Å². The number of esters is 2. The second kappa shape index (κ2) is 18.6. The monoisotopic (exact) mass is 374 g/mol. The van der Waals surface area contributed by atoms with Crippen LogP contribution in [0.2, 0.25) is 0 Å². The Labute approximate surface area is 158 Å². The third-order valence-corrected chi connectivity index (χ3v) is 3.86. The second-order valence-corrected chi connectivity index (χ2v) is 6.40. The molecule has 0 bridgehead atoms. The number of unbranched alkanes of at least 4 members (excludes halogenated alkanes) is 6. The van der Waals surface area contributed by atoms with Gasteiger partial charge in [-0.05, 0) is 19.8 Å². The molecule has 0 amide bonds. The molecule has 0 aliphatic rings. The third-order valence-electron chi connectivity index (χ3n) is 3.86. The molecule has 1 atom stereocenters.